The monoisotopic (exact) mass is 301 g/mol. The Morgan fingerprint density at radius 1 is 1.38 bits per heavy atom. The molecule has 3 aromatic rings. The molecule has 0 bridgehead atoms. The van der Waals surface area contributed by atoms with Crippen LogP contribution < -0.4 is 0 Å². The maximum Gasteiger partial charge on any atom is 0.357 e. The summed E-state index contributed by atoms with van der Waals surface area (Å²) < 4.78 is 6.82. The van der Waals surface area contributed by atoms with Crippen LogP contribution in [0.25, 0.3) is 16.2 Å². The molecule has 0 saturated heterocycles. The quantitative estimate of drug-likeness (QED) is 0.694. The Bertz CT molecular complexity index is 778. The molecule has 6 heteroatoms. The van der Waals surface area contributed by atoms with Gasteiger partial charge in [0.1, 0.15) is 5.69 Å². The zero-order valence-electron chi connectivity index (χ0n) is 11.9. The number of fused-ring (bicyclic) bond motifs is 1. The second-order valence-corrected chi connectivity index (χ2v) is 5.43. The average molecular weight is 301 g/mol. The first-order chi connectivity index (χ1) is 10.2. The normalized spacial score (nSPS) is 11.0. The van der Waals surface area contributed by atoms with Gasteiger partial charge in [0.2, 0.25) is 0 Å². The molecule has 0 aliphatic carbocycles. The van der Waals surface area contributed by atoms with E-state index in [1.807, 2.05) is 30.5 Å². The number of carbonyl (C=O) groups is 1. The van der Waals surface area contributed by atoms with Gasteiger partial charge in [0.05, 0.1) is 11.5 Å². The first-order valence-corrected chi connectivity index (χ1v) is 7.71. The van der Waals surface area contributed by atoms with Gasteiger partial charge in [-0.1, -0.05) is 13.0 Å². The number of thiophene rings is 1. The molecule has 3 rings (SSSR count). The zero-order chi connectivity index (χ0) is 14.8. The number of carbonyl (C=O) groups excluding carboxylic acids is 1. The number of nitrogens with zero attached hydrogens (tertiary/aromatic N) is 3. The molecule has 0 atom stereocenters. The van der Waals surface area contributed by atoms with Crippen LogP contribution in [-0.2, 0) is 11.2 Å². The van der Waals surface area contributed by atoms with Crippen molar-refractivity contribution in [2.24, 2.45) is 0 Å². The summed E-state index contributed by atoms with van der Waals surface area (Å²) in [5.74, 6) is -0.395. The predicted octanol–water partition coefficient (Wildman–Crippen LogP) is 3.20. The zero-order valence-corrected chi connectivity index (χ0v) is 12.7. The van der Waals surface area contributed by atoms with Gasteiger partial charge in [-0.05, 0) is 30.9 Å². The molecule has 5 nitrogen and oxygen atoms in total. The highest BCUT2D eigenvalue weighted by Gasteiger charge is 2.15. The summed E-state index contributed by atoms with van der Waals surface area (Å²) in [4.78, 5) is 17.3. The number of aryl methyl sites for hydroxylation is 1. The molecule has 0 unspecified atom stereocenters. The third-order valence-electron chi connectivity index (χ3n) is 3.12. The largest absolute Gasteiger partial charge is 0.461 e. The van der Waals surface area contributed by atoms with Gasteiger partial charge in [0.25, 0.3) is 0 Å². The summed E-state index contributed by atoms with van der Waals surface area (Å²) in [6, 6.07) is 7.65. The minimum atomic E-state index is -0.395. The van der Waals surface area contributed by atoms with Crippen LogP contribution in [0.1, 0.15) is 30.0 Å². The molecule has 0 fully saturated rings. The van der Waals surface area contributed by atoms with Crippen LogP contribution in [0.15, 0.2) is 29.6 Å². The standard InChI is InChI=1S/C15H15N3O2S/c1-3-10-8-12(15(19)20-4-2)16-14-9-11(17-18(10)14)13-6-5-7-21-13/h5-9H,3-4H2,1-2H3. The predicted molar refractivity (Wildman–Crippen MR) is 81.6 cm³/mol. The number of hydrogen-bond acceptors (Lipinski definition) is 5. The Hall–Kier alpha value is -2.21. The highest BCUT2D eigenvalue weighted by atomic mass is 32.1. The van der Waals surface area contributed by atoms with Crippen molar-refractivity contribution in [2.75, 3.05) is 6.61 Å². The smallest absolute Gasteiger partial charge is 0.357 e. The lowest BCUT2D eigenvalue weighted by Gasteiger charge is -2.05. The average Bonchev–Trinajstić information content (AvgIpc) is 3.14. The van der Waals surface area contributed by atoms with E-state index in [9.17, 15) is 4.79 Å². The lowest BCUT2D eigenvalue weighted by atomic mass is 10.2. The SMILES string of the molecule is CCOC(=O)c1cc(CC)n2nc(-c3cccs3)cc2n1. The molecular weight excluding hydrogens is 286 g/mol. The van der Waals surface area contributed by atoms with Crippen molar-refractivity contribution in [3.63, 3.8) is 0 Å². The molecule has 0 aliphatic rings. The molecule has 108 valence electrons. The van der Waals surface area contributed by atoms with Gasteiger partial charge < -0.3 is 4.74 Å². The topological polar surface area (TPSA) is 56.5 Å². The lowest BCUT2D eigenvalue weighted by molar-refractivity contribution is 0.0519. The molecule has 3 heterocycles. The van der Waals surface area contributed by atoms with Crippen LogP contribution in [0.4, 0.5) is 0 Å². The molecule has 0 N–H and O–H groups in total. The van der Waals surface area contributed by atoms with Crippen LogP contribution in [0, 0.1) is 0 Å². The number of aromatic nitrogens is 3. The van der Waals surface area contributed by atoms with E-state index >= 15 is 0 Å². The lowest BCUT2D eigenvalue weighted by Crippen LogP contribution is -2.10. The van der Waals surface area contributed by atoms with E-state index in [0.29, 0.717) is 17.9 Å². The van der Waals surface area contributed by atoms with Gasteiger partial charge in [-0.2, -0.15) is 5.10 Å². The second-order valence-electron chi connectivity index (χ2n) is 4.48. The Kier molecular flexibility index (Phi) is 3.70. The van der Waals surface area contributed by atoms with Crippen LogP contribution in [-0.4, -0.2) is 27.2 Å². The number of esters is 1. The van der Waals surface area contributed by atoms with Gasteiger partial charge in [0, 0.05) is 11.8 Å². The first-order valence-electron chi connectivity index (χ1n) is 6.83. The summed E-state index contributed by atoms with van der Waals surface area (Å²) in [6.07, 6.45) is 0.761. The minimum Gasteiger partial charge on any atom is -0.461 e. The number of hydrogen-bond donors (Lipinski definition) is 0. The van der Waals surface area contributed by atoms with Gasteiger partial charge in [-0.3, -0.25) is 0 Å². The van der Waals surface area contributed by atoms with Crippen LogP contribution in [0.2, 0.25) is 0 Å². The number of ether oxygens (including phenoxy) is 1. The molecule has 0 aliphatic heterocycles. The van der Waals surface area contributed by atoms with Crippen molar-refractivity contribution in [1.29, 1.82) is 0 Å². The maximum atomic E-state index is 11.9. The first kappa shape index (κ1) is 13.8. The van der Waals surface area contributed by atoms with Gasteiger partial charge in [-0.15, -0.1) is 11.3 Å². The Morgan fingerprint density at radius 3 is 2.90 bits per heavy atom. The molecule has 0 aromatic carbocycles. The number of rotatable bonds is 4. The molecule has 21 heavy (non-hydrogen) atoms. The fourth-order valence-corrected chi connectivity index (χ4v) is 2.82. The van der Waals surface area contributed by atoms with E-state index in [0.717, 1.165) is 22.7 Å². The molecule has 0 spiro atoms. The van der Waals surface area contributed by atoms with Crippen LogP contribution in [0.5, 0.6) is 0 Å². The summed E-state index contributed by atoms with van der Waals surface area (Å²) in [7, 11) is 0. The Balaban J connectivity index is 2.13. The van der Waals surface area contributed by atoms with Gasteiger partial charge in [0.15, 0.2) is 11.3 Å². The highest BCUT2D eigenvalue weighted by Crippen LogP contribution is 2.24. The minimum absolute atomic E-state index is 0.332. The molecular formula is C15H15N3O2S. The van der Waals surface area contributed by atoms with E-state index in [-0.39, 0.29) is 0 Å². The Labute approximate surface area is 126 Å². The summed E-state index contributed by atoms with van der Waals surface area (Å²) in [5, 5.41) is 6.60. The van der Waals surface area contributed by atoms with Crippen molar-refractivity contribution in [3.8, 4) is 10.6 Å². The molecule has 0 radical (unpaired) electrons. The molecule has 0 amide bonds. The second kappa shape index (κ2) is 5.65. The fraction of sp³-hybridized carbons (Fsp3) is 0.267. The summed E-state index contributed by atoms with van der Waals surface area (Å²) in [5.41, 5.74) is 2.80. The van der Waals surface area contributed by atoms with Crippen LogP contribution >= 0.6 is 11.3 Å². The van der Waals surface area contributed by atoms with Gasteiger partial charge >= 0.3 is 5.97 Å². The van der Waals surface area contributed by atoms with E-state index in [2.05, 4.69) is 10.1 Å². The van der Waals surface area contributed by atoms with Crippen molar-refractivity contribution in [2.45, 2.75) is 20.3 Å². The van der Waals surface area contributed by atoms with Crippen LogP contribution in [0.3, 0.4) is 0 Å². The van der Waals surface area contributed by atoms with Crippen molar-refractivity contribution in [3.05, 3.63) is 41.0 Å². The van der Waals surface area contributed by atoms with E-state index < -0.39 is 5.97 Å². The third kappa shape index (κ3) is 2.54. The van der Waals surface area contributed by atoms with Crippen molar-refractivity contribution in [1.82, 2.24) is 14.6 Å². The van der Waals surface area contributed by atoms with E-state index in [1.165, 1.54) is 0 Å². The molecule has 3 aromatic heterocycles. The van der Waals surface area contributed by atoms with Crippen molar-refractivity contribution < 1.29 is 9.53 Å². The molecule has 0 saturated carbocycles. The highest BCUT2D eigenvalue weighted by molar-refractivity contribution is 7.13. The van der Waals surface area contributed by atoms with E-state index in [1.54, 1.807) is 28.8 Å². The fourth-order valence-electron chi connectivity index (χ4n) is 2.14. The maximum absolute atomic E-state index is 11.9. The Morgan fingerprint density at radius 2 is 2.24 bits per heavy atom. The third-order valence-corrected chi connectivity index (χ3v) is 4.01. The summed E-state index contributed by atoms with van der Waals surface area (Å²) >= 11 is 1.63. The summed E-state index contributed by atoms with van der Waals surface area (Å²) in [6.45, 7) is 4.15. The van der Waals surface area contributed by atoms with Crippen molar-refractivity contribution >= 4 is 23.0 Å². The van der Waals surface area contributed by atoms with Gasteiger partial charge in [-0.25, -0.2) is 14.3 Å². The van der Waals surface area contributed by atoms with E-state index in [4.69, 9.17) is 4.74 Å².